The molecule has 0 radical (unpaired) electrons. The lowest BCUT2D eigenvalue weighted by molar-refractivity contribution is 0.122. The predicted octanol–water partition coefficient (Wildman–Crippen LogP) is 2.45. The summed E-state index contributed by atoms with van der Waals surface area (Å²) < 4.78 is 7.60. The molecule has 1 saturated heterocycles. The van der Waals surface area contributed by atoms with Gasteiger partial charge >= 0.3 is 0 Å². The van der Waals surface area contributed by atoms with Gasteiger partial charge in [-0.2, -0.15) is 4.98 Å². The molecule has 1 aliphatic heterocycles. The van der Waals surface area contributed by atoms with Crippen molar-refractivity contribution in [1.82, 2.24) is 19.5 Å². The molecule has 1 aliphatic carbocycles. The van der Waals surface area contributed by atoms with Crippen molar-refractivity contribution in [3.8, 4) is 17.0 Å². The minimum atomic E-state index is 0.222. The number of aromatic nitrogens is 4. The Morgan fingerprint density at radius 2 is 2.00 bits per heavy atom. The van der Waals surface area contributed by atoms with Crippen molar-refractivity contribution in [3.63, 3.8) is 0 Å². The van der Waals surface area contributed by atoms with Crippen molar-refractivity contribution >= 4 is 17.1 Å². The molecule has 2 aliphatic rings. The van der Waals surface area contributed by atoms with Gasteiger partial charge in [-0.05, 0) is 30.9 Å². The Balaban J connectivity index is 1.66. The van der Waals surface area contributed by atoms with E-state index >= 15 is 0 Å². The second kappa shape index (κ2) is 6.25. The van der Waals surface area contributed by atoms with Gasteiger partial charge in [-0.25, -0.2) is 9.97 Å². The van der Waals surface area contributed by atoms with Crippen LogP contribution in [-0.4, -0.2) is 50.9 Å². The number of aromatic hydroxyl groups is 1. The van der Waals surface area contributed by atoms with E-state index in [0.717, 1.165) is 48.0 Å². The van der Waals surface area contributed by atoms with E-state index in [2.05, 4.69) is 14.5 Å². The number of morpholine rings is 1. The van der Waals surface area contributed by atoms with Crippen LogP contribution in [0.1, 0.15) is 12.8 Å². The third-order valence-corrected chi connectivity index (χ3v) is 5.02. The van der Waals surface area contributed by atoms with Gasteiger partial charge in [-0.15, -0.1) is 0 Å². The maximum absolute atomic E-state index is 9.90. The maximum Gasteiger partial charge on any atom is 0.228 e. The van der Waals surface area contributed by atoms with Crippen LogP contribution in [0.25, 0.3) is 22.4 Å². The smallest absolute Gasteiger partial charge is 0.228 e. The Morgan fingerprint density at radius 3 is 2.77 bits per heavy atom. The molecule has 5 rings (SSSR count). The summed E-state index contributed by atoms with van der Waals surface area (Å²) in [7, 11) is 0. The summed E-state index contributed by atoms with van der Waals surface area (Å²) in [5, 5.41) is 9.90. The molecule has 1 aromatic carbocycles. The Labute approximate surface area is 151 Å². The number of nitrogens with zero attached hydrogens (tertiary/aromatic N) is 5. The molecule has 26 heavy (non-hydrogen) atoms. The van der Waals surface area contributed by atoms with Gasteiger partial charge in [0.25, 0.3) is 0 Å². The number of hydrogen-bond donors (Lipinski definition) is 1. The zero-order chi connectivity index (χ0) is 17.5. The molecular formula is C19H21N5O2. The van der Waals surface area contributed by atoms with Crippen LogP contribution in [0.4, 0.5) is 5.95 Å². The van der Waals surface area contributed by atoms with Gasteiger partial charge in [-0.1, -0.05) is 12.1 Å². The first-order valence-corrected chi connectivity index (χ1v) is 9.13. The number of imidazole rings is 1. The first kappa shape index (κ1) is 15.6. The van der Waals surface area contributed by atoms with Crippen molar-refractivity contribution < 1.29 is 9.84 Å². The number of fused-ring (bicyclic) bond motifs is 1. The van der Waals surface area contributed by atoms with Crippen molar-refractivity contribution in [3.05, 3.63) is 30.6 Å². The highest BCUT2D eigenvalue weighted by Gasteiger charge is 2.25. The lowest BCUT2D eigenvalue weighted by atomic mass is 10.1. The average Bonchev–Trinajstić information content (AvgIpc) is 3.40. The standard InChI is InChI=1S/C19H21N5O2/c25-15-3-1-2-14(10-15)16-17-18(24(12-20-17)11-13-4-5-13)22-19(21-16)23-6-8-26-9-7-23/h1-3,10,12-13,25H,4-9,11H2. The fraction of sp³-hybridized carbons (Fsp3) is 0.421. The Kier molecular flexibility index (Phi) is 3.74. The third kappa shape index (κ3) is 2.88. The largest absolute Gasteiger partial charge is 0.508 e. The van der Waals surface area contributed by atoms with E-state index < -0.39 is 0 Å². The van der Waals surface area contributed by atoms with E-state index in [1.807, 2.05) is 18.5 Å². The van der Waals surface area contributed by atoms with Gasteiger partial charge < -0.3 is 19.3 Å². The van der Waals surface area contributed by atoms with Gasteiger partial charge in [-0.3, -0.25) is 0 Å². The summed E-state index contributed by atoms with van der Waals surface area (Å²) in [6, 6.07) is 7.17. The Morgan fingerprint density at radius 1 is 1.15 bits per heavy atom. The molecule has 0 bridgehead atoms. The number of hydrogen-bond acceptors (Lipinski definition) is 6. The van der Waals surface area contributed by atoms with Gasteiger partial charge in [0.15, 0.2) is 5.65 Å². The van der Waals surface area contributed by atoms with Crippen molar-refractivity contribution in [2.24, 2.45) is 5.92 Å². The molecule has 0 amide bonds. The minimum Gasteiger partial charge on any atom is -0.508 e. The quantitative estimate of drug-likeness (QED) is 0.778. The van der Waals surface area contributed by atoms with Crippen molar-refractivity contribution in [2.45, 2.75) is 19.4 Å². The predicted molar refractivity (Wildman–Crippen MR) is 98.2 cm³/mol. The molecule has 0 spiro atoms. The second-order valence-electron chi connectivity index (χ2n) is 7.03. The van der Waals surface area contributed by atoms with Gasteiger partial charge in [0.1, 0.15) is 17.0 Å². The summed E-state index contributed by atoms with van der Waals surface area (Å²) in [4.78, 5) is 16.4. The summed E-state index contributed by atoms with van der Waals surface area (Å²) >= 11 is 0. The molecule has 3 heterocycles. The van der Waals surface area contributed by atoms with E-state index in [4.69, 9.17) is 14.7 Å². The third-order valence-electron chi connectivity index (χ3n) is 5.02. The zero-order valence-corrected chi connectivity index (χ0v) is 14.5. The van der Waals surface area contributed by atoms with Crippen LogP contribution in [0.2, 0.25) is 0 Å². The average molecular weight is 351 g/mol. The molecule has 0 atom stereocenters. The van der Waals surface area contributed by atoms with E-state index in [1.165, 1.54) is 12.8 Å². The number of phenolic OH excluding ortho intramolecular Hbond substituents is 1. The van der Waals surface area contributed by atoms with E-state index in [9.17, 15) is 5.11 Å². The topological polar surface area (TPSA) is 76.3 Å². The lowest BCUT2D eigenvalue weighted by Crippen LogP contribution is -2.37. The monoisotopic (exact) mass is 351 g/mol. The molecule has 3 aromatic rings. The van der Waals surface area contributed by atoms with Crippen LogP contribution in [0, 0.1) is 5.92 Å². The van der Waals surface area contributed by atoms with Crippen LogP contribution in [0.3, 0.4) is 0 Å². The van der Waals surface area contributed by atoms with Crippen LogP contribution >= 0.6 is 0 Å². The molecule has 7 heteroatoms. The number of rotatable bonds is 4. The van der Waals surface area contributed by atoms with Crippen LogP contribution in [0.5, 0.6) is 5.75 Å². The van der Waals surface area contributed by atoms with E-state index in [-0.39, 0.29) is 5.75 Å². The number of anilines is 1. The van der Waals surface area contributed by atoms with E-state index in [1.54, 1.807) is 12.1 Å². The molecule has 2 fully saturated rings. The summed E-state index contributed by atoms with van der Waals surface area (Å²) in [6.45, 7) is 3.88. The highest BCUT2D eigenvalue weighted by atomic mass is 16.5. The van der Waals surface area contributed by atoms with Crippen LogP contribution < -0.4 is 4.90 Å². The van der Waals surface area contributed by atoms with Crippen LogP contribution in [0.15, 0.2) is 30.6 Å². The van der Waals surface area contributed by atoms with Crippen molar-refractivity contribution in [2.75, 3.05) is 31.2 Å². The second-order valence-corrected chi connectivity index (χ2v) is 7.03. The molecule has 2 aromatic heterocycles. The highest BCUT2D eigenvalue weighted by molar-refractivity contribution is 5.88. The molecule has 1 saturated carbocycles. The minimum absolute atomic E-state index is 0.222. The van der Waals surface area contributed by atoms with Crippen LogP contribution in [-0.2, 0) is 11.3 Å². The van der Waals surface area contributed by atoms with Gasteiger partial charge in [0.2, 0.25) is 5.95 Å². The molecule has 1 N–H and O–H groups in total. The normalized spacial score (nSPS) is 17.8. The summed E-state index contributed by atoms with van der Waals surface area (Å²) in [5.74, 6) is 1.66. The fourth-order valence-corrected chi connectivity index (χ4v) is 3.40. The molecule has 7 nitrogen and oxygen atoms in total. The maximum atomic E-state index is 9.90. The highest BCUT2D eigenvalue weighted by Crippen LogP contribution is 2.33. The van der Waals surface area contributed by atoms with E-state index in [0.29, 0.717) is 19.2 Å². The van der Waals surface area contributed by atoms with Gasteiger partial charge in [0, 0.05) is 25.2 Å². The first-order chi connectivity index (χ1) is 12.8. The Bertz CT molecular complexity index is 944. The number of benzene rings is 1. The lowest BCUT2D eigenvalue weighted by Gasteiger charge is -2.27. The molecular weight excluding hydrogens is 330 g/mol. The zero-order valence-electron chi connectivity index (χ0n) is 14.5. The number of phenols is 1. The fourth-order valence-electron chi connectivity index (χ4n) is 3.40. The summed E-state index contributed by atoms with van der Waals surface area (Å²) in [6.07, 6.45) is 4.42. The Hall–Kier alpha value is -2.67. The van der Waals surface area contributed by atoms with Crippen molar-refractivity contribution in [1.29, 1.82) is 0 Å². The molecule has 0 unspecified atom stereocenters. The first-order valence-electron chi connectivity index (χ1n) is 9.13. The van der Waals surface area contributed by atoms with Gasteiger partial charge in [0.05, 0.1) is 19.5 Å². The number of ether oxygens (including phenoxy) is 1. The summed E-state index contributed by atoms with van der Waals surface area (Å²) in [5.41, 5.74) is 3.27. The molecule has 134 valence electrons. The SMILES string of the molecule is Oc1cccc(-c2nc(N3CCOCC3)nc3c2ncn3CC2CC2)c1.